The summed E-state index contributed by atoms with van der Waals surface area (Å²) in [6.07, 6.45) is -3.55. The Labute approximate surface area is 169 Å². The minimum absolute atomic E-state index is 0.0412. The smallest absolute Gasteiger partial charge is 0.417 e. The number of halogens is 3. The van der Waals surface area contributed by atoms with E-state index in [1.165, 1.54) is 29.0 Å². The lowest BCUT2D eigenvalue weighted by atomic mass is 10.1. The quantitative estimate of drug-likeness (QED) is 0.444. The maximum Gasteiger partial charge on any atom is 0.417 e. The van der Waals surface area contributed by atoms with Gasteiger partial charge in [0.1, 0.15) is 5.75 Å². The second kappa shape index (κ2) is 7.66. The molecular weight excluding hydrogens is 397 g/mol. The number of benzene rings is 2. The van der Waals surface area contributed by atoms with Crippen molar-refractivity contribution in [3.05, 3.63) is 72.2 Å². The van der Waals surface area contributed by atoms with Gasteiger partial charge in [0.25, 0.3) is 0 Å². The number of alkyl halides is 3. The van der Waals surface area contributed by atoms with E-state index in [1.54, 1.807) is 26.1 Å². The van der Waals surface area contributed by atoms with Gasteiger partial charge in [0.2, 0.25) is 0 Å². The molecule has 0 saturated heterocycles. The van der Waals surface area contributed by atoms with E-state index in [9.17, 15) is 13.2 Å². The van der Waals surface area contributed by atoms with Crippen molar-refractivity contribution >= 4 is 0 Å². The van der Waals surface area contributed by atoms with Crippen molar-refractivity contribution in [3.8, 4) is 28.5 Å². The standard InChI is InChI=1S/C21H17F3N4O2/c1-13(29-17-10-6-4-8-15(17)18-11-12-25-30-18)19-26-27-20(28(19)2)14-7-3-5-9-16(14)21(22,23)24/h3-13H,1-2H3/t13-/m0/s1. The lowest BCUT2D eigenvalue weighted by molar-refractivity contribution is -0.137. The average Bonchev–Trinajstić information content (AvgIpc) is 3.38. The fourth-order valence-corrected chi connectivity index (χ4v) is 3.23. The Hall–Kier alpha value is -3.62. The number of ether oxygens (including phenoxy) is 1. The molecule has 0 aliphatic carbocycles. The molecule has 2 heterocycles. The van der Waals surface area contributed by atoms with Gasteiger partial charge in [-0.1, -0.05) is 35.5 Å². The lowest BCUT2D eigenvalue weighted by Crippen LogP contribution is -2.12. The summed E-state index contributed by atoms with van der Waals surface area (Å²) in [7, 11) is 1.61. The monoisotopic (exact) mass is 414 g/mol. The SMILES string of the molecule is C[C@H](Oc1ccccc1-c1ccno1)c1nnc(-c2ccccc2C(F)(F)F)n1C. The van der Waals surface area contributed by atoms with Gasteiger partial charge in [0.15, 0.2) is 23.5 Å². The molecule has 0 bridgehead atoms. The molecule has 6 nitrogen and oxygen atoms in total. The Kier molecular flexibility index (Phi) is 5.03. The number of para-hydroxylation sites is 1. The van der Waals surface area contributed by atoms with Crippen LogP contribution in [-0.4, -0.2) is 19.9 Å². The molecule has 0 saturated carbocycles. The molecule has 0 N–H and O–H groups in total. The van der Waals surface area contributed by atoms with Crippen molar-refractivity contribution in [2.24, 2.45) is 7.05 Å². The molecule has 0 amide bonds. The molecule has 0 radical (unpaired) electrons. The van der Waals surface area contributed by atoms with Crippen LogP contribution in [0.15, 0.2) is 65.3 Å². The van der Waals surface area contributed by atoms with Crippen LogP contribution in [0.3, 0.4) is 0 Å². The van der Waals surface area contributed by atoms with Gasteiger partial charge >= 0.3 is 6.18 Å². The molecule has 1 atom stereocenters. The van der Waals surface area contributed by atoms with Gasteiger partial charge in [0.05, 0.1) is 17.3 Å². The number of aromatic nitrogens is 4. The van der Waals surface area contributed by atoms with Crippen LogP contribution in [0.1, 0.15) is 24.4 Å². The zero-order valence-electron chi connectivity index (χ0n) is 16.1. The van der Waals surface area contributed by atoms with Crippen LogP contribution in [0.5, 0.6) is 5.75 Å². The topological polar surface area (TPSA) is 66.0 Å². The minimum atomic E-state index is -4.50. The third-order valence-electron chi connectivity index (χ3n) is 4.64. The first-order valence-electron chi connectivity index (χ1n) is 9.09. The van der Waals surface area contributed by atoms with Crippen molar-refractivity contribution in [3.63, 3.8) is 0 Å². The largest absolute Gasteiger partial charge is 0.482 e. The maximum absolute atomic E-state index is 13.4. The Bertz CT molecular complexity index is 1150. The molecule has 4 aromatic rings. The van der Waals surface area contributed by atoms with Crippen LogP contribution in [-0.2, 0) is 13.2 Å². The predicted molar refractivity (Wildman–Crippen MR) is 102 cm³/mol. The second-order valence-corrected chi connectivity index (χ2v) is 6.62. The van der Waals surface area contributed by atoms with E-state index in [0.717, 1.165) is 6.07 Å². The Morgan fingerprint density at radius 1 is 0.967 bits per heavy atom. The van der Waals surface area contributed by atoms with E-state index < -0.39 is 17.8 Å². The van der Waals surface area contributed by atoms with Gasteiger partial charge in [-0.3, -0.25) is 0 Å². The summed E-state index contributed by atoms with van der Waals surface area (Å²) in [4.78, 5) is 0. The molecule has 154 valence electrons. The third kappa shape index (κ3) is 3.66. The molecule has 2 aromatic heterocycles. The molecule has 2 aromatic carbocycles. The molecule has 0 unspecified atom stereocenters. The van der Waals surface area contributed by atoms with E-state index in [4.69, 9.17) is 9.26 Å². The molecule has 0 aliphatic heterocycles. The summed E-state index contributed by atoms with van der Waals surface area (Å²) in [6.45, 7) is 1.75. The van der Waals surface area contributed by atoms with Gasteiger partial charge in [-0.15, -0.1) is 10.2 Å². The summed E-state index contributed by atoms with van der Waals surface area (Å²) in [6, 6.07) is 14.2. The number of rotatable bonds is 5. The van der Waals surface area contributed by atoms with Gasteiger partial charge in [-0.05, 0) is 25.1 Å². The first-order chi connectivity index (χ1) is 14.4. The highest BCUT2D eigenvalue weighted by Gasteiger charge is 2.35. The van der Waals surface area contributed by atoms with Crippen molar-refractivity contribution in [2.75, 3.05) is 0 Å². The van der Waals surface area contributed by atoms with E-state index in [2.05, 4.69) is 15.4 Å². The maximum atomic E-state index is 13.4. The molecule has 9 heteroatoms. The summed E-state index contributed by atoms with van der Waals surface area (Å²) >= 11 is 0. The highest BCUT2D eigenvalue weighted by atomic mass is 19.4. The first kappa shape index (κ1) is 19.7. The summed E-state index contributed by atoms with van der Waals surface area (Å²) in [5, 5.41) is 11.8. The zero-order chi connectivity index (χ0) is 21.3. The van der Waals surface area contributed by atoms with E-state index >= 15 is 0 Å². The first-order valence-corrected chi connectivity index (χ1v) is 9.09. The molecule has 0 spiro atoms. The number of hydrogen-bond acceptors (Lipinski definition) is 5. The normalized spacial score (nSPS) is 12.7. The fourth-order valence-electron chi connectivity index (χ4n) is 3.23. The van der Waals surface area contributed by atoms with Gasteiger partial charge in [-0.2, -0.15) is 13.2 Å². The highest BCUT2D eigenvalue weighted by Crippen LogP contribution is 2.37. The van der Waals surface area contributed by atoms with Crippen molar-refractivity contribution in [2.45, 2.75) is 19.2 Å². The number of hydrogen-bond donors (Lipinski definition) is 0. The van der Waals surface area contributed by atoms with Crippen LogP contribution < -0.4 is 4.74 Å². The Morgan fingerprint density at radius 3 is 2.37 bits per heavy atom. The van der Waals surface area contributed by atoms with Crippen molar-refractivity contribution < 1.29 is 22.4 Å². The lowest BCUT2D eigenvalue weighted by Gasteiger charge is -2.17. The molecule has 30 heavy (non-hydrogen) atoms. The van der Waals surface area contributed by atoms with E-state index in [1.807, 2.05) is 18.2 Å². The van der Waals surface area contributed by atoms with Crippen LogP contribution >= 0.6 is 0 Å². The Morgan fingerprint density at radius 2 is 1.67 bits per heavy atom. The van der Waals surface area contributed by atoms with Crippen LogP contribution in [0.4, 0.5) is 13.2 Å². The molecule has 0 fully saturated rings. The minimum Gasteiger partial charge on any atom is -0.482 e. The fraction of sp³-hybridized carbons (Fsp3) is 0.190. The predicted octanol–water partition coefficient (Wildman–Crippen LogP) is 5.30. The van der Waals surface area contributed by atoms with Crippen LogP contribution in [0, 0.1) is 0 Å². The summed E-state index contributed by atoms with van der Waals surface area (Å²) in [5.41, 5.74) is -0.108. The van der Waals surface area contributed by atoms with Crippen molar-refractivity contribution in [1.82, 2.24) is 19.9 Å². The van der Waals surface area contributed by atoms with E-state index in [-0.39, 0.29) is 11.4 Å². The molecular formula is C21H17F3N4O2. The summed E-state index contributed by atoms with van der Waals surface area (Å²) in [5.74, 6) is 1.56. The van der Waals surface area contributed by atoms with E-state index in [0.29, 0.717) is 22.9 Å². The average molecular weight is 414 g/mol. The van der Waals surface area contributed by atoms with Crippen molar-refractivity contribution in [1.29, 1.82) is 0 Å². The van der Waals surface area contributed by atoms with Gasteiger partial charge in [0, 0.05) is 18.7 Å². The third-order valence-corrected chi connectivity index (χ3v) is 4.64. The zero-order valence-corrected chi connectivity index (χ0v) is 16.1. The highest BCUT2D eigenvalue weighted by molar-refractivity contribution is 5.65. The van der Waals surface area contributed by atoms with Gasteiger partial charge < -0.3 is 13.8 Å². The molecule has 4 rings (SSSR count). The van der Waals surface area contributed by atoms with Gasteiger partial charge in [-0.25, -0.2) is 0 Å². The number of nitrogens with zero attached hydrogens (tertiary/aromatic N) is 4. The Balaban J connectivity index is 1.67. The van der Waals surface area contributed by atoms with Crippen LogP contribution in [0.2, 0.25) is 0 Å². The second-order valence-electron chi connectivity index (χ2n) is 6.62. The molecule has 0 aliphatic rings. The summed E-state index contributed by atoms with van der Waals surface area (Å²) < 4.78 is 53.0. The van der Waals surface area contributed by atoms with Crippen LogP contribution in [0.25, 0.3) is 22.7 Å².